The Bertz CT molecular complexity index is 589. The molecular formula is C17H21NO3. The SMILES string of the molecule is CNCc1cc(OC)ccc1-c1cc(OC)cc(OC)c1. The minimum absolute atomic E-state index is 0.756. The Morgan fingerprint density at radius 3 is 1.95 bits per heavy atom. The van der Waals surface area contributed by atoms with Crippen LogP contribution in [0.1, 0.15) is 5.56 Å². The fourth-order valence-electron chi connectivity index (χ4n) is 2.28. The predicted octanol–water partition coefficient (Wildman–Crippen LogP) is 3.10. The highest BCUT2D eigenvalue weighted by Gasteiger charge is 2.09. The van der Waals surface area contributed by atoms with E-state index in [1.54, 1.807) is 21.3 Å². The second kappa shape index (κ2) is 6.99. The first-order valence-electron chi connectivity index (χ1n) is 6.76. The third-order valence-electron chi connectivity index (χ3n) is 3.34. The van der Waals surface area contributed by atoms with Crippen molar-refractivity contribution in [2.45, 2.75) is 6.54 Å². The third kappa shape index (κ3) is 3.47. The smallest absolute Gasteiger partial charge is 0.123 e. The number of hydrogen-bond acceptors (Lipinski definition) is 4. The van der Waals surface area contributed by atoms with Crippen molar-refractivity contribution in [1.29, 1.82) is 0 Å². The van der Waals surface area contributed by atoms with Crippen LogP contribution in [0, 0.1) is 0 Å². The van der Waals surface area contributed by atoms with Crippen molar-refractivity contribution in [3.8, 4) is 28.4 Å². The molecule has 0 aliphatic rings. The van der Waals surface area contributed by atoms with Gasteiger partial charge in [0.25, 0.3) is 0 Å². The van der Waals surface area contributed by atoms with Gasteiger partial charge in [0, 0.05) is 12.6 Å². The van der Waals surface area contributed by atoms with E-state index in [2.05, 4.69) is 11.4 Å². The van der Waals surface area contributed by atoms with Gasteiger partial charge in [-0.25, -0.2) is 0 Å². The summed E-state index contributed by atoms with van der Waals surface area (Å²) in [5.41, 5.74) is 3.34. The van der Waals surface area contributed by atoms with Gasteiger partial charge < -0.3 is 19.5 Å². The molecule has 2 rings (SSSR count). The lowest BCUT2D eigenvalue weighted by molar-refractivity contribution is 0.394. The zero-order chi connectivity index (χ0) is 15.2. The van der Waals surface area contributed by atoms with Crippen LogP contribution in [0.5, 0.6) is 17.2 Å². The fourth-order valence-corrected chi connectivity index (χ4v) is 2.28. The molecule has 4 heteroatoms. The lowest BCUT2D eigenvalue weighted by atomic mass is 9.98. The number of rotatable bonds is 6. The predicted molar refractivity (Wildman–Crippen MR) is 84.3 cm³/mol. The molecule has 0 atom stereocenters. The summed E-state index contributed by atoms with van der Waals surface area (Å²) in [6.07, 6.45) is 0. The summed E-state index contributed by atoms with van der Waals surface area (Å²) in [6.45, 7) is 0.756. The van der Waals surface area contributed by atoms with Crippen LogP contribution >= 0.6 is 0 Å². The minimum Gasteiger partial charge on any atom is -0.497 e. The highest BCUT2D eigenvalue weighted by atomic mass is 16.5. The first-order chi connectivity index (χ1) is 10.2. The quantitative estimate of drug-likeness (QED) is 0.886. The van der Waals surface area contributed by atoms with Crippen LogP contribution in [-0.2, 0) is 6.54 Å². The number of ether oxygens (including phenoxy) is 3. The van der Waals surface area contributed by atoms with Gasteiger partial charge in [-0.3, -0.25) is 0 Å². The van der Waals surface area contributed by atoms with E-state index in [4.69, 9.17) is 14.2 Å². The molecule has 0 saturated heterocycles. The summed E-state index contributed by atoms with van der Waals surface area (Å²) in [4.78, 5) is 0. The molecule has 0 radical (unpaired) electrons. The summed E-state index contributed by atoms with van der Waals surface area (Å²) in [6, 6.07) is 11.9. The minimum atomic E-state index is 0.756. The van der Waals surface area contributed by atoms with Gasteiger partial charge in [0.2, 0.25) is 0 Å². The van der Waals surface area contributed by atoms with Crippen molar-refractivity contribution >= 4 is 0 Å². The normalized spacial score (nSPS) is 10.3. The second-order valence-corrected chi connectivity index (χ2v) is 4.65. The molecule has 21 heavy (non-hydrogen) atoms. The maximum absolute atomic E-state index is 5.34. The number of benzene rings is 2. The highest BCUT2D eigenvalue weighted by molar-refractivity contribution is 5.71. The van der Waals surface area contributed by atoms with E-state index < -0.39 is 0 Å². The van der Waals surface area contributed by atoms with Crippen molar-refractivity contribution < 1.29 is 14.2 Å². The molecule has 1 N–H and O–H groups in total. The average Bonchev–Trinajstić information content (AvgIpc) is 2.54. The van der Waals surface area contributed by atoms with Gasteiger partial charge >= 0.3 is 0 Å². The summed E-state index contributed by atoms with van der Waals surface area (Å²) in [5, 5.41) is 3.18. The molecular weight excluding hydrogens is 266 g/mol. The van der Waals surface area contributed by atoms with Crippen molar-refractivity contribution in [3.63, 3.8) is 0 Å². The zero-order valence-corrected chi connectivity index (χ0v) is 12.9. The highest BCUT2D eigenvalue weighted by Crippen LogP contribution is 2.33. The average molecular weight is 287 g/mol. The Morgan fingerprint density at radius 2 is 1.43 bits per heavy atom. The number of methoxy groups -OCH3 is 3. The van der Waals surface area contributed by atoms with E-state index in [1.807, 2.05) is 37.4 Å². The van der Waals surface area contributed by atoms with Crippen LogP contribution in [0.3, 0.4) is 0 Å². The van der Waals surface area contributed by atoms with Crippen LogP contribution < -0.4 is 19.5 Å². The van der Waals surface area contributed by atoms with Gasteiger partial charge in [-0.2, -0.15) is 0 Å². The molecule has 0 aliphatic heterocycles. The number of hydrogen-bond donors (Lipinski definition) is 1. The molecule has 0 saturated carbocycles. The molecule has 0 fully saturated rings. The Hall–Kier alpha value is -2.20. The van der Waals surface area contributed by atoms with Crippen molar-refractivity contribution in [3.05, 3.63) is 42.0 Å². The van der Waals surface area contributed by atoms with E-state index in [-0.39, 0.29) is 0 Å². The molecule has 0 unspecified atom stereocenters. The first kappa shape index (κ1) is 15.2. The van der Waals surface area contributed by atoms with Gasteiger partial charge in [0.05, 0.1) is 21.3 Å². The molecule has 4 nitrogen and oxygen atoms in total. The maximum atomic E-state index is 5.34. The van der Waals surface area contributed by atoms with Gasteiger partial charge in [-0.15, -0.1) is 0 Å². The molecule has 0 aliphatic carbocycles. The van der Waals surface area contributed by atoms with Gasteiger partial charge in [-0.1, -0.05) is 6.07 Å². The summed E-state index contributed by atoms with van der Waals surface area (Å²) in [5.74, 6) is 2.39. The van der Waals surface area contributed by atoms with Gasteiger partial charge in [0.1, 0.15) is 17.2 Å². The topological polar surface area (TPSA) is 39.7 Å². The Balaban J connectivity index is 2.54. The summed E-state index contributed by atoms with van der Waals surface area (Å²) in [7, 11) is 6.91. The van der Waals surface area contributed by atoms with E-state index in [9.17, 15) is 0 Å². The Morgan fingerprint density at radius 1 is 0.810 bits per heavy atom. The molecule has 2 aromatic rings. The van der Waals surface area contributed by atoms with E-state index in [0.29, 0.717) is 0 Å². The monoisotopic (exact) mass is 287 g/mol. The first-order valence-corrected chi connectivity index (χ1v) is 6.76. The standard InChI is InChI=1S/C17H21NO3/c1-18-11-13-9-14(19-2)5-6-17(13)12-7-15(20-3)10-16(8-12)21-4/h5-10,18H,11H2,1-4H3. The van der Waals surface area contributed by atoms with Crippen LogP contribution in [0.25, 0.3) is 11.1 Å². The van der Waals surface area contributed by atoms with E-state index >= 15 is 0 Å². The largest absolute Gasteiger partial charge is 0.497 e. The summed E-state index contributed by atoms with van der Waals surface area (Å²) >= 11 is 0. The lowest BCUT2D eigenvalue weighted by Gasteiger charge is -2.14. The zero-order valence-electron chi connectivity index (χ0n) is 12.9. The van der Waals surface area contributed by atoms with Gasteiger partial charge in [0.15, 0.2) is 0 Å². The second-order valence-electron chi connectivity index (χ2n) is 4.65. The molecule has 112 valence electrons. The lowest BCUT2D eigenvalue weighted by Crippen LogP contribution is -2.06. The maximum Gasteiger partial charge on any atom is 0.123 e. The van der Waals surface area contributed by atoms with E-state index in [1.165, 1.54) is 0 Å². The van der Waals surface area contributed by atoms with Crippen molar-refractivity contribution in [2.75, 3.05) is 28.4 Å². The molecule has 0 aromatic heterocycles. The third-order valence-corrected chi connectivity index (χ3v) is 3.34. The molecule has 0 bridgehead atoms. The van der Waals surface area contributed by atoms with Crippen LogP contribution in [-0.4, -0.2) is 28.4 Å². The van der Waals surface area contributed by atoms with Gasteiger partial charge in [-0.05, 0) is 48.0 Å². The molecule has 0 spiro atoms. The fraction of sp³-hybridized carbons (Fsp3) is 0.294. The van der Waals surface area contributed by atoms with E-state index in [0.717, 1.165) is 40.5 Å². The molecule has 0 heterocycles. The Labute approximate surface area is 125 Å². The van der Waals surface area contributed by atoms with Crippen molar-refractivity contribution in [1.82, 2.24) is 5.32 Å². The summed E-state index contributed by atoms with van der Waals surface area (Å²) < 4.78 is 16.0. The van der Waals surface area contributed by atoms with Crippen LogP contribution in [0.15, 0.2) is 36.4 Å². The number of nitrogens with one attached hydrogen (secondary N) is 1. The molecule has 0 amide bonds. The van der Waals surface area contributed by atoms with Crippen LogP contribution in [0.4, 0.5) is 0 Å². The molecule has 2 aromatic carbocycles. The Kier molecular flexibility index (Phi) is 5.06. The van der Waals surface area contributed by atoms with Crippen molar-refractivity contribution in [2.24, 2.45) is 0 Å². The van der Waals surface area contributed by atoms with Crippen LogP contribution in [0.2, 0.25) is 0 Å².